The highest BCUT2D eigenvalue weighted by Crippen LogP contribution is 2.09. The van der Waals surface area contributed by atoms with Crippen LogP contribution in [0.4, 0.5) is 5.69 Å². The number of anilines is 1. The zero-order chi connectivity index (χ0) is 11.4. The second-order valence-electron chi connectivity index (χ2n) is 3.21. The summed E-state index contributed by atoms with van der Waals surface area (Å²) in [7, 11) is 0. The van der Waals surface area contributed by atoms with E-state index in [4.69, 9.17) is 5.73 Å². The lowest BCUT2D eigenvalue weighted by Crippen LogP contribution is -2.12. The minimum atomic E-state index is -0.297. The van der Waals surface area contributed by atoms with Crippen LogP contribution < -0.4 is 11.1 Å². The van der Waals surface area contributed by atoms with Gasteiger partial charge in [0.25, 0.3) is 5.91 Å². The van der Waals surface area contributed by atoms with Crippen molar-refractivity contribution in [3.05, 3.63) is 41.7 Å². The Hall–Kier alpha value is -2.21. The van der Waals surface area contributed by atoms with Gasteiger partial charge in [0.05, 0.1) is 6.20 Å². The third-order valence-corrected chi connectivity index (χ3v) is 2.10. The van der Waals surface area contributed by atoms with Gasteiger partial charge in [-0.25, -0.2) is 0 Å². The molecular formula is C10H11N5O. The molecule has 0 radical (unpaired) electrons. The summed E-state index contributed by atoms with van der Waals surface area (Å²) >= 11 is 0. The van der Waals surface area contributed by atoms with Crippen LogP contribution in [0.15, 0.2) is 30.5 Å². The van der Waals surface area contributed by atoms with Gasteiger partial charge in [-0.15, -0.1) is 0 Å². The van der Waals surface area contributed by atoms with Gasteiger partial charge >= 0.3 is 0 Å². The smallest absolute Gasteiger partial charge is 0.277 e. The van der Waals surface area contributed by atoms with Crippen molar-refractivity contribution in [3.8, 4) is 0 Å². The number of carbonyl (C=O) groups is 1. The molecule has 6 nitrogen and oxygen atoms in total. The molecule has 0 saturated heterocycles. The van der Waals surface area contributed by atoms with Gasteiger partial charge in [0.1, 0.15) is 0 Å². The van der Waals surface area contributed by atoms with Crippen molar-refractivity contribution in [1.29, 1.82) is 0 Å². The Labute approximate surface area is 91.9 Å². The number of carbonyl (C=O) groups excluding carboxylic acids is 1. The Balaban J connectivity index is 2.06. The van der Waals surface area contributed by atoms with Crippen LogP contribution in [0.2, 0.25) is 0 Å². The molecule has 0 bridgehead atoms. The number of hydrogen-bond donors (Lipinski definition) is 3. The summed E-state index contributed by atoms with van der Waals surface area (Å²) in [5.41, 5.74) is 7.43. The number of aromatic nitrogens is 3. The number of nitrogens with zero attached hydrogens (tertiary/aromatic N) is 2. The lowest BCUT2D eigenvalue weighted by Gasteiger charge is -2.03. The van der Waals surface area contributed by atoms with Gasteiger partial charge in [0.15, 0.2) is 5.69 Å². The predicted octanol–water partition coefficient (Wildman–Crippen LogP) is 0.516. The monoisotopic (exact) mass is 217 g/mol. The number of nitrogens with two attached hydrogens (primary N) is 1. The summed E-state index contributed by atoms with van der Waals surface area (Å²) < 4.78 is 0. The molecule has 0 spiro atoms. The molecule has 0 saturated carbocycles. The van der Waals surface area contributed by atoms with Crippen LogP contribution in [-0.2, 0) is 6.54 Å². The van der Waals surface area contributed by atoms with Crippen LogP contribution >= 0.6 is 0 Å². The third-order valence-electron chi connectivity index (χ3n) is 2.10. The van der Waals surface area contributed by atoms with E-state index in [0.29, 0.717) is 12.2 Å². The Morgan fingerprint density at radius 2 is 2.12 bits per heavy atom. The van der Waals surface area contributed by atoms with Gasteiger partial charge in [0, 0.05) is 12.2 Å². The molecule has 2 rings (SSSR count). The zero-order valence-corrected chi connectivity index (χ0v) is 8.47. The average Bonchev–Trinajstić information content (AvgIpc) is 2.83. The molecule has 4 N–H and O–H groups in total. The number of benzene rings is 1. The fourth-order valence-electron chi connectivity index (χ4n) is 1.23. The van der Waals surface area contributed by atoms with Crippen LogP contribution in [-0.4, -0.2) is 21.3 Å². The molecule has 0 fully saturated rings. The topological polar surface area (TPSA) is 96.7 Å². The summed E-state index contributed by atoms with van der Waals surface area (Å²) in [6, 6.07) is 7.30. The van der Waals surface area contributed by atoms with Crippen LogP contribution in [0, 0.1) is 0 Å². The molecule has 82 valence electrons. The standard InChI is InChI=1S/C10H11N5O/c11-5-7-1-3-8(4-2-7)13-10(16)9-6-12-15-14-9/h1-4,6H,5,11H2,(H,13,16)(H,12,14,15). The van der Waals surface area contributed by atoms with E-state index in [2.05, 4.69) is 20.7 Å². The van der Waals surface area contributed by atoms with Gasteiger partial charge in [-0.05, 0) is 17.7 Å². The molecule has 0 atom stereocenters. The minimum absolute atomic E-state index is 0.253. The van der Waals surface area contributed by atoms with Crippen molar-refractivity contribution in [2.45, 2.75) is 6.54 Å². The van der Waals surface area contributed by atoms with Gasteiger partial charge in [-0.2, -0.15) is 15.4 Å². The van der Waals surface area contributed by atoms with Crippen molar-refractivity contribution in [2.75, 3.05) is 5.32 Å². The molecule has 1 aromatic carbocycles. The van der Waals surface area contributed by atoms with Crippen molar-refractivity contribution in [1.82, 2.24) is 15.4 Å². The molecule has 1 aromatic heterocycles. The molecule has 6 heteroatoms. The van der Waals surface area contributed by atoms with Crippen LogP contribution in [0.1, 0.15) is 16.1 Å². The molecule has 0 aliphatic carbocycles. The molecule has 2 aromatic rings. The normalized spacial score (nSPS) is 10.1. The van der Waals surface area contributed by atoms with Crippen LogP contribution in [0.3, 0.4) is 0 Å². The molecule has 0 aliphatic rings. The number of rotatable bonds is 3. The van der Waals surface area contributed by atoms with E-state index in [1.165, 1.54) is 6.20 Å². The molecule has 1 amide bonds. The molecule has 0 aliphatic heterocycles. The Morgan fingerprint density at radius 3 is 2.69 bits per heavy atom. The lowest BCUT2D eigenvalue weighted by molar-refractivity contribution is 0.102. The Kier molecular flexibility index (Phi) is 2.93. The number of amides is 1. The largest absolute Gasteiger partial charge is 0.326 e. The molecule has 1 heterocycles. The van der Waals surface area contributed by atoms with E-state index in [-0.39, 0.29) is 11.6 Å². The van der Waals surface area contributed by atoms with E-state index in [1.807, 2.05) is 12.1 Å². The molecule has 16 heavy (non-hydrogen) atoms. The van der Waals surface area contributed by atoms with Crippen molar-refractivity contribution < 1.29 is 4.79 Å². The quantitative estimate of drug-likeness (QED) is 0.698. The van der Waals surface area contributed by atoms with E-state index < -0.39 is 0 Å². The minimum Gasteiger partial charge on any atom is -0.326 e. The fraction of sp³-hybridized carbons (Fsp3) is 0.100. The molecular weight excluding hydrogens is 206 g/mol. The maximum Gasteiger partial charge on any atom is 0.277 e. The van der Waals surface area contributed by atoms with Gasteiger partial charge in [-0.1, -0.05) is 12.1 Å². The number of H-pyrrole nitrogens is 1. The second-order valence-corrected chi connectivity index (χ2v) is 3.21. The van der Waals surface area contributed by atoms with E-state index >= 15 is 0 Å². The van der Waals surface area contributed by atoms with E-state index in [1.54, 1.807) is 12.1 Å². The SMILES string of the molecule is NCc1ccc(NC(=O)c2cn[nH]n2)cc1. The predicted molar refractivity (Wildman–Crippen MR) is 58.7 cm³/mol. The Bertz CT molecular complexity index is 462. The van der Waals surface area contributed by atoms with Crippen molar-refractivity contribution in [3.63, 3.8) is 0 Å². The lowest BCUT2D eigenvalue weighted by atomic mass is 10.2. The second kappa shape index (κ2) is 4.54. The van der Waals surface area contributed by atoms with E-state index in [9.17, 15) is 4.79 Å². The van der Waals surface area contributed by atoms with Gasteiger partial charge in [0.2, 0.25) is 0 Å². The first-order valence-electron chi connectivity index (χ1n) is 4.75. The third kappa shape index (κ3) is 2.23. The zero-order valence-electron chi connectivity index (χ0n) is 8.47. The number of hydrogen-bond acceptors (Lipinski definition) is 4. The summed E-state index contributed by atoms with van der Waals surface area (Å²) in [5, 5.41) is 12.3. The fourth-order valence-corrected chi connectivity index (χ4v) is 1.23. The van der Waals surface area contributed by atoms with Gasteiger partial charge < -0.3 is 11.1 Å². The van der Waals surface area contributed by atoms with E-state index in [0.717, 1.165) is 5.56 Å². The highest BCUT2D eigenvalue weighted by molar-refractivity contribution is 6.02. The molecule has 0 unspecified atom stereocenters. The maximum atomic E-state index is 11.6. The summed E-state index contributed by atoms with van der Waals surface area (Å²) in [6.07, 6.45) is 1.36. The van der Waals surface area contributed by atoms with Crippen LogP contribution in [0.25, 0.3) is 0 Å². The van der Waals surface area contributed by atoms with Crippen molar-refractivity contribution >= 4 is 11.6 Å². The number of nitrogens with one attached hydrogen (secondary N) is 2. The first-order valence-corrected chi connectivity index (χ1v) is 4.75. The average molecular weight is 217 g/mol. The summed E-state index contributed by atoms with van der Waals surface area (Å²) in [4.78, 5) is 11.6. The highest BCUT2D eigenvalue weighted by atomic mass is 16.2. The Morgan fingerprint density at radius 1 is 1.38 bits per heavy atom. The maximum absolute atomic E-state index is 11.6. The first kappa shape index (κ1) is 10.3. The van der Waals surface area contributed by atoms with Gasteiger partial charge in [-0.3, -0.25) is 4.79 Å². The first-order chi connectivity index (χ1) is 7.79. The van der Waals surface area contributed by atoms with Crippen molar-refractivity contribution in [2.24, 2.45) is 5.73 Å². The van der Waals surface area contributed by atoms with Crippen LogP contribution in [0.5, 0.6) is 0 Å². The highest BCUT2D eigenvalue weighted by Gasteiger charge is 2.08. The summed E-state index contributed by atoms with van der Waals surface area (Å²) in [6.45, 7) is 0.484. The summed E-state index contributed by atoms with van der Waals surface area (Å²) in [5.74, 6) is -0.297. The number of aromatic amines is 1.